The number of likely N-dealkylation sites (tertiary alicyclic amines) is 1. The molecule has 278 valence electrons. The predicted molar refractivity (Wildman–Crippen MR) is 191 cm³/mol. The Balaban J connectivity index is 1.38. The second-order valence-corrected chi connectivity index (χ2v) is 16.9. The molecule has 3 atom stereocenters. The first-order valence-electron chi connectivity index (χ1n) is 16.1. The monoisotopic (exact) mass is 778 g/mol. The van der Waals surface area contributed by atoms with Gasteiger partial charge in [-0.1, -0.05) is 68.5 Å². The third kappa shape index (κ3) is 8.73. The van der Waals surface area contributed by atoms with Crippen molar-refractivity contribution in [2.75, 3.05) is 25.1 Å². The number of alkyl halides is 2. The van der Waals surface area contributed by atoms with Crippen LogP contribution in [0.3, 0.4) is 0 Å². The Kier molecular flexibility index (Phi) is 11.6. The number of halogens is 2. The molecule has 3 amide bonds. The number of benzene rings is 2. The number of carbonyl (C=O) groups excluding carboxylic acids is 4. The first kappa shape index (κ1) is 39.1. The molecule has 0 bridgehead atoms. The van der Waals surface area contributed by atoms with Crippen molar-refractivity contribution in [2.24, 2.45) is 5.41 Å². The van der Waals surface area contributed by atoms with Crippen LogP contribution in [-0.4, -0.2) is 81.3 Å². The lowest BCUT2D eigenvalue weighted by molar-refractivity contribution is -0.150. The number of hydrogen-bond donors (Lipinski definition) is 4. The Morgan fingerprint density at radius 1 is 1.08 bits per heavy atom. The number of carbonyl (C=O) groups is 4. The predicted octanol–water partition coefficient (Wildman–Crippen LogP) is 5.58. The van der Waals surface area contributed by atoms with Gasteiger partial charge in [-0.3, -0.25) is 18.9 Å². The van der Waals surface area contributed by atoms with Gasteiger partial charge in [0.25, 0.3) is 5.91 Å². The second-order valence-electron chi connectivity index (χ2n) is 13.1. The molecule has 1 aliphatic rings. The fourth-order valence-corrected chi connectivity index (χ4v) is 7.83. The minimum atomic E-state index is -5.82. The van der Waals surface area contributed by atoms with Crippen molar-refractivity contribution in [1.82, 2.24) is 15.2 Å². The number of thiophene rings is 1. The van der Waals surface area contributed by atoms with Gasteiger partial charge in [0.05, 0.1) is 22.5 Å². The number of rotatable bonds is 12. The molecule has 1 saturated heterocycles. The molecule has 2 aromatic heterocycles. The topological polar surface area (TPSA) is 184 Å². The number of thiazole rings is 1. The third-order valence-corrected chi connectivity index (χ3v) is 11.3. The highest BCUT2D eigenvalue weighted by Crippen LogP contribution is 2.59. The molecule has 0 spiro atoms. The van der Waals surface area contributed by atoms with E-state index >= 15 is 0 Å². The van der Waals surface area contributed by atoms with E-state index in [0.717, 1.165) is 33.9 Å². The maximum atomic E-state index is 14.4. The summed E-state index contributed by atoms with van der Waals surface area (Å²) in [7, 11) is -5.82. The molecule has 1 unspecified atom stereocenters. The first-order chi connectivity index (χ1) is 24.4. The molecule has 0 saturated carbocycles. The van der Waals surface area contributed by atoms with Crippen LogP contribution in [-0.2, 0) is 34.1 Å². The minimum Gasteiger partial charge on any atom is -0.464 e. The quantitative estimate of drug-likeness (QED) is 0.105. The zero-order valence-corrected chi connectivity index (χ0v) is 31.0. The van der Waals surface area contributed by atoms with Crippen molar-refractivity contribution >= 4 is 69.2 Å². The van der Waals surface area contributed by atoms with Crippen molar-refractivity contribution in [3.63, 3.8) is 0 Å². The van der Waals surface area contributed by atoms with Crippen LogP contribution in [0, 0.1) is 5.41 Å². The van der Waals surface area contributed by atoms with Crippen LogP contribution in [0.25, 0.3) is 20.5 Å². The Morgan fingerprint density at radius 3 is 2.44 bits per heavy atom. The van der Waals surface area contributed by atoms with Gasteiger partial charge in [0.2, 0.25) is 11.8 Å². The average Bonchev–Trinajstić information content (AvgIpc) is 3.84. The van der Waals surface area contributed by atoms with Crippen LogP contribution in [0.2, 0.25) is 0 Å². The Labute approximate surface area is 305 Å². The molecule has 4 N–H and O–H groups in total. The van der Waals surface area contributed by atoms with E-state index in [2.05, 4.69) is 15.6 Å². The molecule has 52 heavy (non-hydrogen) atoms. The molecular weight excluding hydrogens is 741 g/mol. The second kappa shape index (κ2) is 15.5. The lowest BCUT2D eigenvalue weighted by Gasteiger charge is -2.35. The number of aromatic nitrogens is 1. The van der Waals surface area contributed by atoms with E-state index in [1.165, 1.54) is 28.4 Å². The van der Waals surface area contributed by atoms with Gasteiger partial charge in [-0.25, -0.2) is 9.78 Å². The van der Waals surface area contributed by atoms with Crippen molar-refractivity contribution in [3.05, 3.63) is 71.2 Å². The number of nitrogens with one attached hydrogen (secondary N) is 2. The van der Waals surface area contributed by atoms with E-state index in [-0.39, 0.29) is 29.8 Å². The van der Waals surface area contributed by atoms with Gasteiger partial charge in [-0.15, -0.1) is 11.3 Å². The number of ether oxygens (including phenoxy) is 2. The number of nitrogens with zero attached hydrogens (tertiary/aromatic N) is 2. The van der Waals surface area contributed by atoms with E-state index in [1.807, 2.05) is 30.3 Å². The summed E-state index contributed by atoms with van der Waals surface area (Å²) < 4.78 is 51.3. The van der Waals surface area contributed by atoms with Crippen LogP contribution in [0.15, 0.2) is 60.8 Å². The van der Waals surface area contributed by atoms with Crippen LogP contribution >= 0.6 is 30.3 Å². The molecule has 0 radical (unpaired) electrons. The van der Waals surface area contributed by atoms with E-state index in [1.54, 1.807) is 33.9 Å². The minimum absolute atomic E-state index is 0.0383. The lowest BCUT2D eigenvalue weighted by atomic mass is 9.85. The maximum Gasteiger partial charge on any atom is 0.399 e. The van der Waals surface area contributed by atoms with Crippen LogP contribution < -0.4 is 10.6 Å². The van der Waals surface area contributed by atoms with Gasteiger partial charge >= 0.3 is 19.2 Å². The molecule has 2 aromatic carbocycles. The summed E-state index contributed by atoms with van der Waals surface area (Å²) in [5, 5.41) is 5.98. The number of hydrogen-bond acceptors (Lipinski definition) is 10. The van der Waals surface area contributed by atoms with Crippen LogP contribution in [0.5, 0.6) is 0 Å². The van der Waals surface area contributed by atoms with Gasteiger partial charge in [0, 0.05) is 29.4 Å². The summed E-state index contributed by atoms with van der Waals surface area (Å²) in [6.45, 7) is 6.49. The van der Waals surface area contributed by atoms with Gasteiger partial charge in [0.1, 0.15) is 18.7 Å². The summed E-state index contributed by atoms with van der Waals surface area (Å²) in [4.78, 5) is 78.5. The summed E-state index contributed by atoms with van der Waals surface area (Å²) in [5.41, 5.74) is -5.33. The van der Waals surface area contributed by atoms with Gasteiger partial charge in [-0.2, -0.15) is 8.78 Å². The summed E-state index contributed by atoms with van der Waals surface area (Å²) in [6, 6.07) is 11.5. The highest BCUT2D eigenvalue weighted by molar-refractivity contribution is 7.52. The molecule has 13 nitrogen and oxygen atoms in total. The molecule has 3 heterocycles. The normalized spacial score (nSPS) is 17.2. The first-order valence-corrected chi connectivity index (χ1v) is 19.3. The number of amides is 3. The molecule has 4 aromatic rings. The third-order valence-electron chi connectivity index (χ3n) is 8.23. The summed E-state index contributed by atoms with van der Waals surface area (Å²) >= 11 is 2.19. The van der Waals surface area contributed by atoms with Crippen molar-refractivity contribution in [2.45, 2.75) is 58.0 Å². The SMILES string of the molecule is CCOC(=O)CO[C@H]1C[C@@H](C(=O)Nc2ncc(-c3ccccc3)s2)N(C(=O)C(NC(=O)c2cc3cc(C(F)(F)P(=O)(O)O)ccc3s2)C(C)(C)C)C1. The van der Waals surface area contributed by atoms with Gasteiger partial charge in [0.15, 0.2) is 5.13 Å². The van der Waals surface area contributed by atoms with Crippen molar-refractivity contribution < 1.29 is 51.8 Å². The maximum absolute atomic E-state index is 14.4. The molecule has 0 aliphatic carbocycles. The Morgan fingerprint density at radius 2 is 1.79 bits per heavy atom. The fraction of sp³-hybridized carbons (Fsp3) is 0.382. The van der Waals surface area contributed by atoms with Crippen LogP contribution in [0.4, 0.5) is 13.9 Å². The standard InChI is InChI=1S/C34H37F2N4O9PS2/c1-5-48-27(41)18-49-22-15-23(29(42)39-32-37-16-26(52-32)19-9-7-6-8-10-19)40(17-22)31(44)28(33(2,3)4)38-30(43)25-14-20-13-21(11-12-24(20)51-25)34(35,36)50(45,46)47/h6-14,16,22-23,28H,5,15,17-18H2,1-4H3,(H,38,43)(H,37,39,42)(H2,45,46,47)/t22-,23-,28?/m0/s1. The van der Waals surface area contributed by atoms with E-state index in [0.29, 0.717) is 9.83 Å². The van der Waals surface area contributed by atoms with Gasteiger partial charge < -0.3 is 34.8 Å². The van der Waals surface area contributed by atoms with E-state index in [9.17, 15) is 32.5 Å². The largest absolute Gasteiger partial charge is 0.464 e. The number of fused-ring (bicyclic) bond motifs is 1. The van der Waals surface area contributed by atoms with Gasteiger partial charge in [-0.05, 0) is 41.5 Å². The lowest BCUT2D eigenvalue weighted by Crippen LogP contribution is -2.57. The molecule has 1 aliphatic heterocycles. The average molecular weight is 779 g/mol. The number of esters is 1. The molecule has 5 rings (SSSR count). The smallest absolute Gasteiger partial charge is 0.399 e. The zero-order chi connectivity index (χ0) is 38.0. The van der Waals surface area contributed by atoms with Crippen molar-refractivity contribution in [3.8, 4) is 10.4 Å². The Bertz CT molecular complexity index is 2010. The summed E-state index contributed by atoms with van der Waals surface area (Å²) in [5.74, 6) is -2.46. The van der Waals surface area contributed by atoms with Crippen molar-refractivity contribution in [1.29, 1.82) is 0 Å². The summed E-state index contributed by atoms with van der Waals surface area (Å²) in [6.07, 6.45) is 0.942. The number of anilines is 1. The molecular formula is C34H37F2N4O9PS2. The highest BCUT2D eigenvalue weighted by atomic mass is 32.1. The zero-order valence-electron chi connectivity index (χ0n) is 28.5. The Hall–Kier alpha value is -4.12. The van der Waals surface area contributed by atoms with Crippen LogP contribution in [0.1, 0.15) is 49.4 Å². The molecule has 18 heteroatoms. The highest BCUT2D eigenvalue weighted by Gasteiger charge is 2.50. The fourth-order valence-electron chi connectivity index (χ4n) is 5.58. The van der Waals surface area contributed by atoms with E-state index < -0.39 is 72.7 Å². The molecule has 1 fully saturated rings. The van der Waals surface area contributed by atoms with E-state index in [4.69, 9.17) is 19.3 Å².